The van der Waals surface area contributed by atoms with Crippen LogP contribution < -0.4 is 0 Å². The maximum absolute atomic E-state index is 13.4. The van der Waals surface area contributed by atoms with Crippen molar-refractivity contribution >= 4 is 17.2 Å². The zero-order valence-corrected chi connectivity index (χ0v) is 15.3. The number of hydrogen-bond donors (Lipinski definition) is 0. The summed E-state index contributed by atoms with van der Waals surface area (Å²) in [6.07, 6.45) is 2.96. The molecule has 1 aliphatic rings. The largest absolute Gasteiger partial charge is 0.348 e. The molecule has 4 nitrogen and oxygen atoms in total. The molecule has 0 spiro atoms. The summed E-state index contributed by atoms with van der Waals surface area (Å²) >= 11 is 1.53. The molecular weight excluding hydrogens is 330 g/mol. The van der Waals surface area contributed by atoms with Crippen molar-refractivity contribution in [2.24, 2.45) is 0 Å². The fraction of sp³-hybridized carbons (Fsp3) is 0.300. The summed E-state index contributed by atoms with van der Waals surface area (Å²) in [4.78, 5) is 20.7. The van der Waals surface area contributed by atoms with Gasteiger partial charge in [0.15, 0.2) is 0 Å². The SMILES string of the molecule is CCc1nc(C)c(C(=O)N2CCn3cccc3C2c2ccccc2)s1. The monoisotopic (exact) mass is 351 g/mol. The predicted molar refractivity (Wildman–Crippen MR) is 100.0 cm³/mol. The van der Waals surface area contributed by atoms with Crippen LogP contribution >= 0.6 is 11.3 Å². The highest BCUT2D eigenvalue weighted by Gasteiger charge is 2.34. The zero-order valence-electron chi connectivity index (χ0n) is 14.5. The molecule has 1 amide bonds. The van der Waals surface area contributed by atoms with Gasteiger partial charge in [-0.15, -0.1) is 11.3 Å². The summed E-state index contributed by atoms with van der Waals surface area (Å²) in [5.41, 5.74) is 3.16. The van der Waals surface area contributed by atoms with Crippen LogP contribution in [0.5, 0.6) is 0 Å². The third-order valence-corrected chi connectivity index (χ3v) is 6.04. The number of aromatic nitrogens is 2. The molecule has 3 aromatic rings. The first-order chi connectivity index (χ1) is 12.2. The molecule has 25 heavy (non-hydrogen) atoms. The van der Waals surface area contributed by atoms with Gasteiger partial charge in [0.05, 0.1) is 16.7 Å². The lowest BCUT2D eigenvalue weighted by atomic mass is 9.99. The van der Waals surface area contributed by atoms with E-state index in [2.05, 4.69) is 46.9 Å². The molecule has 0 radical (unpaired) electrons. The number of fused-ring (bicyclic) bond motifs is 1. The lowest BCUT2D eigenvalue weighted by Crippen LogP contribution is -2.42. The maximum Gasteiger partial charge on any atom is 0.266 e. The van der Waals surface area contributed by atoms with Crippen LogP contribution in [-0.2, 0) is 13.0 Å². The van der Waals surface area contributed by atoms with Crippen molar-refractivity contribution in [1.82, 2.24) is 14.5 Å². The second kappa shape index (κ2) is 6.48. The topological polar surface area (TPSA) is 38.1 Å². The molecule has 1 aliphatic heterocycles. The van der Waals surface area contributed by atoms with E-state index in [1.165, 1.54) is 17.0 Å². The summed E-state index contributed by atoms with van der Waals surface area (Å²) in [5.74, 6) is 0.0935. The summed E-state index contributed by atoms with van der Waals surface area (Å²) in [7, 11) is 0. The van der Waals surface area contributed by atoms with Gasteiger partial charge in [-0.3, -0.25) is 4.79 Å². The molecule has 1 atom stereocenters. The minimum Gasteiger partial charge on any atom is -0.348 e. The van der Waals surface area contributed by atoms with Crippen molar-refractivity contribution in [2.75, 3.05) is 6.54 Å². The van der Waals surface area contributed by atoms with E-state index >= 15 is 0 Å². The predicted octanol–water partition coefficient (Wildman–Crippen LogP) is 4.06. The lowest BCUT2D eigenvalue weighted by molar-refractivity contribution is 0.0668. The first-order valence-corrected chi connectivity index (χ1v) is 9.48. The molecule has 0 saturated carbocycles. The van der Waals surface area contributed by atoms with E-state index in [0.29, 0.717) is 6.54 Å². The first-order valence-electron chi connectivity index (χ1n) is 8.66. The smallest absolute Gasteiger partial charge is 0.266 e. The van der Waals surface area contributed by atoms with Crippen LogP contribution in [0.3, 0.4) is 0 Å². The molecule has 0 bridgehead atoms. The van der Waals surface area contributed by atoms with Crippen LogP contribution in [-0.4, -0.2) is 26.9 Å². The first kappa shape index (κ1) is 16.1. The highest BCUT2D eigenvalue weighted by Crippen LogP contribution is 2.34. The van der Waals surface area contributed by atoms with Gasteiger partial charge in [-0.05, 0) is 31.0 Å². The second-order valence-corrected chi connectivity index (χ2v) is 7.40. The van der Waals surface area contributed by atoms with Crippen molar-refractivity contribution in [3.8, 4) is 0 Å². The fourth-order valence-corrected chi connectivity index (χ4v) is 4.48. The average Bonchev–Trinajstić information content (AvgIpc) is 3.27. The normalized spacial score (nSPS) is 16.7. The Hall–Kier alpha value is -2.40. The highest BCUT2D eigenvalue weighted by molar-refractivity contribution is 7.13. The number of thiazole rings is 1. The fourth-order valence-electron chi connectivity index (χ4n) is 3.52. The van der Waals surface area contributed by atoms with Crippen LogP contribution in [0.2, 0.25) is 0 Å². The van der Waals surface area contributed by atoms with Crippen molar-refractivity contribution in [2.45, 2.75) is 32.9 Å². The van der Waals surface area contributed by atoms with Crippen molar-refractivity contribution in [3.05, 3.63) is 75.5 Å². The Balaban J connectivity index is 1.77. The Morgan fingerprint density at radius 1 is 1.20 bits per heavy atom. The number of nitrogens with zero attached hydrogens (tertiary/aromatic N) is 3. The third kappa shape index (κ3) is 2.78. The van der Waals surface area contributed by atoms with Crippen LogP contribution in [0, 0.1) is 6.92 Å². The Kier molecular flexibility index (Phi) is 4.17. The van der Waals surface area contributed by atoms with Gasteiger partial charge in [-0.25, -0.2) is 4.98 Å². The van der Waals surface area contributed by atoms with Crippen molar-refractivity contribution in [1.29, 1.82) is 0 Å². The molecule has 1 unspecified atom stereocenters. The van der Waals surface area contributed by atoms with E-state index in [-0.39, 0.29) is 11.9 Å². The van der Waals surface area contributed by atoms with Gasteiger partial charge < -0.3 is 9.47 Å². The van der Waals surface area contributed by atoms with Crippen LogP contribution in [0.4, 0.5) is 0 Å². The maximum atomic E-state index is 13.4. The number of benzene rings is 1. The number of hydrogen-bond acceptors (Lipinski definition) is 3. The second-order valence-electron chi connectivity index (χ2n) is 6.31. The van der Waals surface area contributed by atoms with E-state index in [1.807, 2.05) is 30.0 Å². The van der Waals surface area contributed by atoms with Gasteiger partial charge in [0.2, 0.25) is 0 Å². The number of carbonyl (C=O) groups excluding carboxylic acids is 1. The third-order valence-electron chi connectivity index (χ3n) is 4.75. The van der Waals surface area contributed by atoms with Crippen molar-refractivity contribution < 1.29 is 4.79 Å². The summed E-state index contributed by atoms with van der Waals surface area (Å²) in [6, 6.07) is 14.4. The molecule has 3 heterocycles. The summed E-state index contributed by atoms with van der Waals surface area (Å²) < 4.78 is 2.25. The van der Waals surface area contributed by atoms with E-state index in [1.54, 1.807) is 0 Å². The van der Waals surface area contributed by atoms with E-state index in [0.717, 1.165) is 34.1 Å². The number of aryl methyl sites for hydroxylation is 2. The minimum atomic E-state index is -0.0518. The summed E-state index contributed by atoms with van der Waals surface area (Å²) in [5, 5.41) is 1.03. The van der Waals surface area contributed by atoms with Gasteiger partial charge >= 0.3 is 0 Å². The molecule has 0 N–H and O–H groups in total. The Labute approximate surface area is 151 Å². The zero-order chi connectivity index (χ0) is 17.4. The molecule has 2 aromatic heterocycles. The Morgan fingerprint density at radius 2 is 2.00 bits per heavy atom. The number of rotatable bonds is 3. The summed E-state index contributed by atoms with van der Waals surface area (Å²) in [6.45, 7) is 5.55. The quantitative estimate of drug-likeness (QED) is 0.714. The van der Waals surface area contributed by atoms with Crippen molar-refractivity contribution in [3.63, 3.8) is 0 Å². The van der Waals surface area contributed by atoms with E-state index < -0.39 is 0 Å². The minimum absolute atomic E-state index is 0.0518. The molecule has 0 saturated heterocycles. The molecule has 128 valence electrons. The molecule has 4 rings (SSSR count). The van der Waals surface area contributed by atoms with Gasteiger partial charge in [-0.1, -0.05) is 37.3 Å². The van der Waals surface area contributed by atoms with Gasteiger partial charge in [0.1, 0.15) is 4.88 Å². The molecule has 5 heteroatoms. The molecule has 0 aliphatic carbocycles. The van der Waals surface area contributed by atoms with E-state index in [9.17, 15) is 4.79 Å². The standard InChI is InChI=1S/C20H21N3OS/c1-3-17-21-14(2)19(25-17)20(24)23-13-12-22-11-7-10-16(22)18(23)15-8-5-4-6-9-15/h4-11,18H,3,12-13H2,1-2H3. The van der Waals surface area contributed by atoms with Gasteiger partial charge in [-0.2, -0.15) is 0 Å². The van der Waals surface area contributed by atoms with Crippen LogP contribution in [0.1, 0.15) is 44.6 Å². The van der Waals surface area contributed by atoms with Crippen LogP contribution in [0.25, 0.3) is 0 Å². The molecular formula is C20H21N3OS. The van der Waals surface area contributed by atoms with Gasteiger partial charge in [0, 0.05) is 25.0 Å². The molecule has 0 fully saturated rings. The lowest BCUT2D eigenvalue weighted by Gasteiger charge is -2.37. The molecule has 1 aromatic carbocycles. The van der Waals surface area contributed by atoms with Gasteiger partial charge in [0.25, 0.3) is 5.91 Å². The Bertz CT molecular complexity index is 897. The van der Waals surface area contributed by atoms with E-state index in [4.69, 9.17) is 0 Å². The number of carbonyl (C=O) groups is 1. The number of amides is 1. The highest BCUT2D eigenvalue weighted by atomic mass is 32.1. The average molecular weight is 351 g/mol. The van der Waals surface area contributed by atoms with Crippen LogP contribution in [0.15, 0.2) is 48.7 Å². The Morgan fingerprint density at radius 3 is 2.72 bits per heavy atom.